The summed E-state index contributed by atoms with van der Waals surface area (Å²) in [5.74, 6) is -1.37. The van der Waals surface area contributed by atoms with Crippen LogP contribution in [0.5, 0.6) is 11.5 Å². The van der Waals surface area contributed by atoms with Gasteiger partial charge in [0.25, 0.3) is 0 Å². The van der Waals surface area contributed by atoms with Crippen molar-refractivity contribution >= 4 is 36.7 Å². The zero-order chi connectivity index (χ0) is 22.4. The van der Waals surface area contributed by atoms with Gasteiger partial charge >= 0.3 is 0 Å². The highest BCUT2D eigenvalue weighted by Gasteiger charge is 2.42. The Hall–Kier alpha value is -1.48. The summed E-state index contributed by atoms with van der Waals surface area (Å²) < 4.78 is 91.9. The van der Waals surface area contributed by atoms with E-state index >= 15 is 0 Å². The van der Waals surface area contributed by atoms with E-state index in [1.807, 2.05) is 0 Å². The SMILES string of the molecule is O=[S+]([O-])(c1ccc2c(c1)OCCO2)N1CCN([S+](=O)([O-])c2c(F)cc(F)cc2Br)CC1. The first-order valence-electron chi connectivity index (χ1n) is 9.15. The van der Waals surface area contributed by atoms with Crippen LogP contribution < -0.4 is 9.47 Å². The van der Waals surface area contributed by atoms with E-state index in [-0.39, 0.29) is 35.5 Å². The lowest BCUT2D eigenvalue weighted by Crippen LogP contribution is -2.53. The summed E-state index contributed by atoms with van der Waals surface area (Å²) in [7, 11) is -8.21. The number of halogens is 3. The van der Waals surface area contributed by atoms with Gasteiger partial charge < -0.3 is 18.6 Å². The van der Waals surface area contributed by atoms with Crippen molar-refractivity contribution in [1.82, 2.24) is 8.61 Å². The van der Waals surface area contributed by atoms with E-state index in [1.165, 1.54) is 18.2 Å². The normalized spacial score (nSPS) is 21.3. The molecule has 0 aliphatic carbocycles. The van der Waals surface area contributed by atoms with E-state index in [4.69, 9.17) is 9.47 Å². The molecular weight excluding hydrogens is 522 g/mol. The van der Waals surface area contributed by atoms with E-state index < -0.39 is 37.3 Å². The number of ether oxygens (including phenoxy) is 2. The quantitative estimate of drug-likeness (QED) is 0.554. The van der Waals surface area contributed by atoms with E-state index in [1.54, 1.807) is 0 Å². The van der Waals surface area contributed by atoms with Crippen molar-refractivity contribution in [3.05, 3.63) is 46.4 Å². The lowest BCUT2D eigenvalue weighted by molar-refractivity contribution is 0.171. The largest absolute Gasteiger partial charge is 0.593 e. The fraction of sp³-hybridized carbons (Fsp3) is 0.333. The predicted octanol–water partition coefficient (Wildman–Crippen LogP) is 2.62. The second kappa shape index (κ2) is 8.46. The summed E-state index contributed by atoms with van der Waals surface area (Å²) in [5.41, 5.74) is 0. The topological polar surface area (TPSA) is 105 Å². The number of hydrogen-bond acceptors (Lipinski definition) is 6. The molecule has 8 nitrogen and oxygen atoms in total. The van der Waals surface area contributed by atoms with Gasteiger partial charge in [-0.1, -0.05) is 8.42 Å². The first-order chi connectivity index (χ1) is 14.6. The molecule has 0 radical (unpaired) electrons. The van der Waals surface area contributed by atoms with Crippen LogP contribution in [0, 0.1) is 11.6 Å². The zero-order valence-corrected chi connectivity index (χ0v) is 19.1. The molecule has 0 bridgehead atoms. The first kappa shape index (κ1) is 22.7. The van der Waals surface area contributed by atoms with E-state index in [0.29, 0.717) is 30.8 Å². The van der Waals surface area contributed by atoms with Crippen LogP contribution in [0.1, 0.15) is 0 Å². The summed E-state index contributed by atoms with van der Waals surface area (Å²) in [4.78, 5) is -0.683. The minimum absolute atomic E-state index is 0.000352. The minimum atomic E-state index is -4.30. The Balaban J connectivity index is 1.52. The fourth-order valence-corrected chi connectivity index (χ4v) is 7.36. The fourth-order valence-electron chi connectivity index (χ4n) is 3.39. The van der Waals surface area contributed by atoms with Crippen LogP contribution in [0.4, 0.5) is 8.78 Å². The number of hydrogen-bond donors (Lipinski definition) is 0. The van der Waals surface area contributed by atoms with Gasteiger partial charge in [0.1, 0.15) is 19.0 Å². The number of fused-ring (bicyclic) bond motifs is 1. The van der Waals surface area contributed by atoms with Crippen LogP contribution >= 0.6 is 15.9 Å². The van der Waals surface area contributed by atoms with Crippen molar-refractivity contribution in [2.75, 3.05) is 39.4 Å². The van der Waals surface area contributed by atoms with Crippen LogP contribution in [0.25, 0.3) is 0 Å². The smallest absolute Gasteiger partial charge is 0.225 e. The molecule has 2 heterocycles. The third-order valence-corrected chi connectivity index (χ3v) is 9.67. The number of benzene rings is 2. The van der Waals surface area contributed by atoms with Crippen LogP contribution in [0.15, 0.2) is 44.6 Å². The van der Waals surface area contributed by atoms with Crippen molar-refractivity contribution in [2.24, 2.45) is 0 Å². The van der Waals surface area contributed by atoms with Crippen molar-refractivity contribution in [3.63, 3.8) is 0 Å². The van der Waals surface area contributed by atoms with Gasteiger partial charge in [-0.2, -0.15) is 0 Å². The highest BCUT2D eigenvalue weighted by Crippen LogP contribution is 2.36. The average Bonchev–Trinajstić information content (AvgIpc) is 2.72. The molecular formula is C18H17BrF2N2O6S2. The number of sulfonamides is 2. The van der Waals surface area contributed by atoms with Gasteiger partial charge in [0.05, 0.1) is 30.7 Å². The molecule has 168 valence electrons. The second-order valence-corrected chi connectivity index (χ2v) is 11.5. The molecule has 0 aromatic heterocycles. The Labute approximate surface area is 188 Å². The lowest BCUT2D eigenvalue weighted by Gasteiger charge is -2.36. The van der Waals surface area contributed by atoms with E-state index in [9.17, 15) is 26.3 Å². The predicted molar refractivity (Wildman–Crippen MR) is 109 cm³/mol. The van der Waals surface area contributed by atoms with Gasteiger partial charge in [-0.15, -0.1) is 8.61 Å². The maximum atomic E-state index is 14.2. The molecule has 2 unspecified atom stereocenters. The van der Waals surface area contributed by atoms with Crippen LogP contribution in [-0.2, 0) is 29.2 Å². The van der Waals surface area contributed by atoms with Crippen molar-refractivity contribution in [1.29, 1.82) is 0 Å². The van der Waals surface area contributed by atoms with Gasteiger partial charge in [0, 0.05) is 12.1 Å². The Morgan fingerprint density at radius 3 is 2.06 bits per heavy atom. The first-order valence-corrected chi connectivity index (χ1v) is 12.8. The number of piperazine rings is 1. The molecule has 31 heavy (non-hydrogen) atoms. The standard InChI is InChI=1S/C18H17BrF2N2O6S2/c19-14-9-12(20)10-15(21)18(14)31(26,27)23-5-3-22(4-6-23)30(24,25)13-1-2-16-17(11-13)29-8-7-28-16/h1-2,9-11H,3-8H2. The van der Waals surface area contributed by atoms with Crippen LogP contribution in [-0.4, -0.2) is 57.1 Å². The monoisotopic (exact) mass is 538 g/mol. The molecule has 2 atom stereocenters. The highest BCUT2D eigenvalue weighted by atomic mass is 79.9. The minimum Gasteiger partial charge on any atom is -0.593 e. The molecule has 2 aromatic carbocycles. The molecule has 1 saturated heterocycles. The maximum Gasteiger partial charge on any atom is 0.225 e. The third kappa shape index (κ3) is 4.27. The average molecular weight is 539 g/mol. The van der Waals surface area contributed by atoms with Crippen molar-refractivity contribution in [3.8, 4) is 11.5 Å². The molecule has 0 saturated carbocycles. The molecule has 13 heteroatoms. The Morgan fingerprint density at radius 2 is 1.45 bits per heavy atom. The summed E-state index contributed by atoms with van der Waals surface area (Å²) in [5, 5.41) is 0. The van der Waals surface area contributed by atoms with Gasteiger partial charge in [0.2, 0.25) is 4.90 Å². The van der Waals surface area contributed by atoms with Crippen molar-refractivity contribution in [2.45, 2.75) is 9.79 Å². The molecule has 0 spiro atoms. The van der Waals surface area contributed by atoms with Crippen LogP contribution in [0.3, 0.4) is 0 Å². The molecule has 2 aromatic rings. The van der Waals surface area contributed by atoms with Gasteiger partial charge in [0.15, 0.2) is 43.0 Å². The summed E-state index contributed by atoms with van der Waals surface area (Å²) in [6, 6.07) is 5.63. The van der Waals surface area contributed by atoms with Gasteiger partial charge in [-0.05, 0) is 34.1 Å². The second-order valence-electron chi connectivity index (χ2n) is 6.81. The maximum absolute atomic E-state index is 14.2. The zero-order valence-electron chi connectivity index (χ0n) is 15.9. The van der Waals surface area contributed by atoms with Gasteiger partial charge in [-0.3, -0.25) is 0 Å². The van der Waals surface area contributed by atoms with E-state index in [2.05, 4.69) is 15.9 Å². The lowest BCUT2D eigenvalue weighted by atomic mass is 10.3. The number of rotatable bonds is 4. The summed E-state index contributed by atoms with van der Waals surface area (Å²) >= 11 is 2.89. The molecule has 0 amide bonds. The molecule has 2 aliphatic rings. The third-order valence-electron chi connectivity index (χ3n) is 4.91. The van der Waals surface area contributed by atoms with Crippen LogP contribution in [0.2, 0.25) is 0 Å². The Morgan fingerprint density at radius 1 is 0.871 bits per heavy atom. The molecule has 0 N–H and O–H groups in total. The highest BCUT2D eigenvalue weighted by molar-refractivity contribution is 9.10. The number of nitrogens with zero attached hydrogens (tertiary/aromatic N) is 2. The van der Waals surface area contributed by atoms with E-state index in [0.717, 1.165) is 14.7 Å². The molecule has 4 rings (SSSR count). The summed E-state index contributed by atoms with van der Waals surface area (Å²) in [6.45, 7) is 0.0560. The summed E-state index contributed by atoms with van der Waals surface area (Å²) in [6.07, 6.45) is 0. The van der Waals surface area contributed by atoms with Crippen molar-refractivity contribution < 1.29 is 35.8 Å². The molecule has 2 aliphatic heterocycles. The Kier molecular flexibility index (Phi) is 6.20. The Bertz CT molecular complexity index is 1090. The molecule has 1 fully saturated rings. The van der Waals surface area contributed by atoms with Gasteiger partial charge in [-0.25, -0.2) is 8.78 Å².